The van der Waals surface area contributed by atoms with Gasteiger partial charge in [0.05, 0.1) is 6.42 Å². The minimum Gasteiger partial charge on any atom is -0.356 e. The maximum Gasteiger partial charge on any atom is 0.269 e. The molecule has 1 atom stereocenters. The lowest BCUT2D eigenvalue weighted by atomic mass is 10.2. The van der Waals surface area contributed by atoms with E-state index in [1.54, 1.807) is 6.92 Å². The van der Waals surface area contributed by atoms with Crippen molar-refractivity contribution < 1.29 is 18.8 Å². The van der Waals surface area contributed by atoms with Crippen LogP contribution in [0.2, 0.25) is 0 Å². The summed E-state index contributed by atoms with van der Waals surface area (Å²) in [6.45, 7) is 2.18. The first-order valence-corrected chi connectivity index (χ1v) is 7.70. The Morgan fingerprint density at radius 2 is 2.08 bits per heavy atom. The van der Waals surface area contributed by atoms with Crippen LogP contribution in [0.1, 0.15) is 23.7 Å². The number of nitrogens with one attached hydrogen (secondary N) is 2. The highest BCUT2D eigenvalue weighted by Gasteiger charge is 2.42. The first-order valence-electron chi connectivity index (χ1n) is 7.29. The first-order chi connectivity index (χ1) is 11.3. The minimum absolute atomic E-state index is 0.0686. The Labute approximate surface area is 143 Å². The molecule has 2 rings (SSSR count). The number of carbonyl (C=O) groups is 3. The van der Waals surface area contributed by atoms with E-state index in [1.807, 2.05) is 0 Å². The number of amides is 3. The molecule has 7 nitrogen and oxygen atoms in total. The number of rotatable bonds is 5. The number of thiocarbonyl (C=S) groups is 1. The normalized spacial score (nSPS) is 17.2. The maximum atomic E-state index is 13.2. The molecule has 1 aliphatic heterocycles. The largest absolute Gasteiger partial charge is 0.356 e. The van der Waals surface area contributed by atoms with Gasteiger partial charge in [0.2, 0.25) is 5.91 Å². The van der Waals surface area contributed by atoms with Gasteiger partial charge >= 0.3 is 0 Å². The van der Waals surface area contributed by atoms with Crippen LogP contribution in [-0.2, 0) is 9.59 Å². The quantitative estimate of drug-likeness (QED) is 0.751. The molecule has 1 unspecified atom stereocenters. The van der Waals surface area contributed by atoms with Crippen LogP contribution in [0.25, 0.3) is 0 Å². The molecule has 2 N–H and O–H groups in total. The Hall–Kier alpha value is -2.55. The first kappa shape index (κ1) is 17.8. The third kappa shape index (κ3) is 3.67. The number of likely N-dealkylation sites (N-methyl/N-ethyl adjacent to an activating group) is 1. The highest BCUT2D eigenvalue weighted by Crippen LogP contribution is 2.18. The lowest BCUT2D eigenvalue weighted by molar-refractivity contribution is -0.131. The van der Waals surface area contributed by atoms with Crippen LogP contribution < -0.4 is 10.7 Å². The van der Waals surface area contributed by atoms with Crippen LogP contribution in [0, 0.1) is 5.82 Å². The second-order valence-electron chi connectivity index (χ2n) is 5.17. The summed E-state index contributed by atoms with van der Waals surface area (Å²) in [6, 6.07) is 4.18. The fourth-order valence-electron chi connectivity index (χ4n) is 2.28. The van der Waals surface area contributed by atoms with E-state index in [1.165, 1.54) is 35.2 Å². The molecule has 0 radical (unpaired) electrons. The third-order valence-corrected chi connectivity index (χ3v) is 3.95. The maximum absolute atomic E-state index is 13.2. The number of hydrazine groups is 1. The van der Waals surface area contributed by atoms with Crippen LogP contribution >= 0.6 is 12.2 Å². The molecular weight excluding hydrogens is 335 g/mol. The van der Waals surface area contributed by atoms with E-state index in [4.69, 9.17) is 12.2 Å². The molecule has 1 fully saturated rings. The second kappa shape index (κ2) is 7.35. The van der Waals surface area contributed by atoms with Crippen molar-refractivity contribution in [1.82, 2.24) is 20.7 Å². The van der Waals surface area contributed by atoms with Crippen molar-refractivity contribution in [2.24, 2.45) is 0 Å². The number of carbonyl (C=O) groups excluding carboxylic acids is 3. The van der Waals surface area contributed by atoms with Gasteiger partial charge in [-0.05, 0) is 37.3 Å². The van der Waals surface area contributed by atoms with Gasteiger partial charge in [-0.1, -0.05) is 6.07 Å². The van der Waals surface area contributed by atoms with Crippen molar-refractivity contribution in [3.63, 3.8) is 0 Å². The molecule has 1 aliphatic rings. The van der Waals surface area contributed by atoms with Gasteiger partial charge in [-0.2, -0.15) is 0 Å². The number of halogens is 1. The molecule has 0 aromatic heterocycles. The lowest BCUT2D eigenvalue weighted by Crippen LogP contribution is -2.50. The van der Waals surface area contributed by atoms with Crippen molar-refractivity contribution >= 4 is 35.1 Å². The van der Waals surface area contributed by atoms with E-state index in [-0.39, 0.29) is 23.0 Å². The van der Waals surface area contributed by atoms with Crippen LogP contribution in [0.5, 0.6) is 0 Å². The van der Waals surface area contributed by atoms with E-state index in [0.29, 0.717) is 6.54 Å². The van der Waals surface area contributed by atoms with Crippen molar-refractivity contribution in [3.05, 3.63) is 35.6 Å². The molecule has 24 heavy (non-hydrogen) atoms. The van der Waals surface area contributed by atoms with E-state index < -0.39 is 23.7 Å². The van der Waals surface area contributed by atoms with Crippen LogP contribution in [0.4, 0.5) is 4.39 Å². The van der Waals surface area contributed by atoms with Crippen LogP contribution in [-0.4, -0.2) is 52.4 Å². The standard InChI is InChI=1S/C15H17FN4O3S/c1-3-17-12(21)8-11-14(23)19(2)15(24)20(11)18-13(22)9-5-4-6-10(16)7-9/h4-7,11H,3,8H2,1-2H3,(H,17,21)(H,18,22). The minimum atomic E-state index is -0.938. The Morgan fingerprint density at radius 1 is 1.38 bits per heavy atom. The van der Waals surface area contributed by atoms with E-state index >= 15 is 0 Å². The number of benzene rings is 1. The highest BCUT2D eigenvalue weighted by atomic mass is 32.1. The van der Waals surface area contributed by atoms with Crippen molar-refractivity contribution in [3.8, 4) is 0 Å². The van der Waals surface area contributed by atoms with Gasteiger partial charge in [-0.3, -0.25) is 24.7 Å². The van der Waals surface area contributed by atoms with E-state index in [0.717, 1.165) is 6.07 Å². The van der Waals surface area contributed by atoms with Crippen LogP contribution in [0.3, 0.4) is 0 Å². The fraction of sp³-hybridized carbons (Fsp3) is 0.333. The van der Waals surface area contributed by atoms with Gasteiger partial charge in [0, 0.05) is 19.2 Å². The van der Waals surface area contributed by atoms with Gasteiger partial charge in [0.15, 0.2) is 5.11 Å². The van der Waals surface area contributed by atoms with Gasteiger partial charge in [0.25, 0.3) is 11.8 Å². The Morgan fingerprint density at radius 3 is 2.71 bits per heavy atom. The molecular formula is C15H17FN4O3S. The zero-order chi connectivity index (χ0) is 17.9. The zero-order valence-electron chi connectivity index (χ0n) is 13.2. The second-order valence-corrected chi connectivity index (χ2v) is 5.54. The summed E-state index contributed by atoms with van der Waals surface area (Å²) in [5, 5.41) is 3.83. The van der Waals surface area contributed by atoms with Gasteiger partial charge in [-0.25, -0.2) is 9.40 Å². The summed E-state index contributed by atoms with van der Waals surface area (Å²) in [5.41, 5.74) is 2.55. The smallest absolute Gasteiger partial charge is 0.269 e. The predicted molar refractivity (Wildman–Crippen MR) is 88.2 cm³/mol. The Bertz CT molecular complexity index is 697. The third-order valence-electron chi connectivity index (χ3n) is 3.48. The summed E-state index contributed by atoms with van der Waals surface area (Å²) in [6.07, 6.45) is -0.152. The average Bonchev–Trinajstić information content (AvgIpc) is 2.73. The molecule has 1 aromatic carbocycles. The molecule has 1 aromatic rings. The predicted octanol–water partition coefficient (Wildman–Crippen LogP) is 0.424. The molecule has 1 saturated heterocycles. The van der Waals surface area contributed by atoms with Crippen molar-refractivity contribution in [1.29, 1.82) is 0 Å². The SMILES string of the molecule is CCNC(=O)CC1C(=O)N(C)C(=S)N1NC(=O)c1cccc(F)c1. The van der Waals surface area contributed by atoms with Gasteiger partial charge in [0.1, 0.15) is 11.9 Å². The molecule has 9 heteroatoms. The van der Waals surface area contributed by atoms with Crippen molar-refractivity contribution in [2.75, 3.05) is 13.6 Å². The summed E-state index contributed by atoms with van der Waals surface area (Å²) >= 11 is 5.14. The molecule has 1 heterocycles. The molecule has 0 spiro atoms. The number of hydrogen-bond donors (Lipinski definition) is 2. The molecule has 3 amide bonds. The average molecular weight is 352 g/mol. The summed E-state index contributed by atoms with van der Waals surface area (Å²) in [4.78, 5) is 37.5. The van der Waals surface area contributed by atoms with E-state index in [2.05, 4.69) is 10.7 Å². The molecule has 0 saturated carbocycles. The summed E-state index contributed by atoms with van der Waals surface area (Å²) in [5.74, 6) is -1.91. The molecule has 128 valence electrons. The monoisotopic (exact) mass is 352 g/mol. The van der Waals surface area contributed by atoms with Crippen LogP contribution in [0.15, 0.2) is 24.3 Å². The number of hydrogen-bond acceptors (Lipinski definition) is 4. The zero-order valence-corrected chi connectivity index (χ0v) is 14.0. The van der Waals surface area contributed by atoms with Gasteiger partial charge in [-0.15, -0.1) is 0 Å². The highest BCUT2D eigenvalue weighted by molar-refractivity contribution is 7.80. The van der Waals surface area contributed by atoms with Crippen molar-refractivity contribution in [2.45, 2.75) is 19.4 Å². The fourth-order valence-corrected chi connectivity index (χ4v) is 2.54. The Balaban J connectivity index is 2.18. The lowest BCUT2D eigenvalue weighted by Gasteiger charge is -2.23. The Kier molecular flexibility index (Phi) is 5.45. The van der Waals surface area contributed by atoms with E-state index in [9.17, 15) is 18.8 Å². The summed E-state index contributed by atoms with van der Waals surface area (Å²) in [7, 11) is 1.46. The van der Waals surface area contributed by atoms with Gasteiger partial charge < -0.3 is 5.32 Å². The topological polar surface area (TPSA) is 81.8 Å². The summed E-state index contributed by atoms with van der Waals surface area (Å²) < 4.78 is 13.2. The number of nitrogens with zero attached hydrogens (tertiary/aromatic N) is 2. The molecule has 0 bridgehead atoms. The molecule has 0 aliphatic carbocycles.